The van der Waals surface area contributed by atoms with Crippen LogP contribution in [0.5, 0.6) is 5.75 Å². The van der Waals surface area contributed by atoms with Crippen molar-refractivity contribution in [3.8, 4) is 5.75 Å². The predicted octanol–water partition coefficient (Wildman–Crippen LogP) is 2.35. The smallest absolute Gasteiger partial charge is 0.325 e. The first kappa shape index (κ1) is 15.4. The van der Waals surface area contributed by atoms with E-state index in [4.69, 9.17) is 4.74 Å². The Morgan fingerprint density at radius 2 is 1.76 bits per heavy atom. The summed E-state index contributed by atoms with van der Waals surface area (Å²) >= 11 is 0. The summed E-state index contributed by atoms with van der Waals surface area (Å²) in [4.78, 5) is 25.8. The summed E-state index contributed by atoms with van der Waals surface area (Å²) in [6.45, 7) is 4.43. The van der Waals surface area contributed by atoms with E-state index in [1.165, 1.54) is 0 Å². The molecule has 1 heterocycles. The van der Waals surface area contributed by atoms with Gasteiger partial charge in [0.15, 0.2) is 0 Å². The van der Waals surface area contributed by atoms with Crippen LogP contribution in [-0.4, -0.2) is 36.0 Å². The first-order valence-corrected chi connectivity index (χ1v) is 7.33. The Hall–Kier alpha value is -2.04. The van der Waals surface area contributed by atoms with Crippen LogP contribution in [-0.2, 0) is 11.2 Å². The molecule has 1 aliphatic rings. The Labute approximate surface area is 125 Å². The van der Waals surface area contributed by atoms with Crippen LogP contribution in [0, 0.1) is 0 Å². The normalized spacial score (nSPS) is 17.0. The summed E-state index contributed by atoms with van der Waals surface area (Å²) in [5, 5.41) is 2.44. The summed E-state index contributed by atoms with van der Waals surface area (Å²) in [6.07, 6.45) is 1.97. The second kappa shape index (κ2) is 6.16. The average Bonchev–Trinajstić information content (AvgIpc) is 2.75. The van der Waals surface area contributed by atoms with Gasteiger partial charge < -0.3 is 9.64 Å². The quantitative estimate of drug-likeness (QED) is 0.818. The largest absolute Gasteiger partial charge is 0.497 e. The molecular weight excluding hydrogens is 268 g/mol. The van der Waals surface area contributed by atoms with E-state index in [-0.39, 0.29) is 11.9 Å². The second-order valence-corrected chi connectivity index (χ2v) is 5.25. The van der Waals surface area contributed by atoms with Gasteiger partial charge in [0.05, 0.1) is 7.11 Å². The van der Waals surface area contributed by atoms with Crippen molar-refractivity contribution in [2.45, 2.75) is 38.6 Å². The highest BCUT2D eigenvalue weighted by Gasteiger charge is 2.49. The molecule has 3 amide bonds. The lowest BCUT2D eigenvalue weighted by molar-refractivity contribution is -0.127. The number of ether oxygens (including phenoxy) is 1. The standard InChI is InChI=1S/C16H22N2O3/c1-4-16(5-2)14(19)17-15(20)18(16)11-10-12-6-8-13(21-3)9-7-12/h6-9H,4-5,10-11H2,1-3H3,(H,17,19,20). The van der Waals surface area contributed by atoms with Gasteiger partial charge in [-0.1, -0.05) is 26.0 Å². The zero-order valence-electron chi connectivity index (χ0n) is 12.8. The maximum absolute atomic E-state index is 12.1. The molecule has 0 spiro atoms. The van der Waals surface area contributed by atoms with Crippen LogP contribution in [0.3, 0.4) is 0 Å². The number of carbonyl (C=O) groups is 2. The summed E-state index contributed by atoms with van der Waals surface area (Å²) < 4.78 is 5.13. The van der Waals surface area contributed by atoms with Gasteiger partial charge in [0.1, 0.15) is 11.3 Å². The number of methoxy groups -OCH3 is 1. The van der Waals surface area contributed by atoms with Crippen molar-refractivity contribution < 1.29 is 14.3 Å². The van der Waals surface area contributed by atoms with E-state index in [1.54, 1.807) is 12.0 Å². The van der Waals surface area contributed by atoms with Gasteiger partial charge in [0.25, 0.3) is 5.91 Å². The minimum atomic E-state index is -0.691. The van der Waals surface area contributed by atoms with Crippen molar-refractivity contribution in [3.63, 3.8) is 0 Å². The Morgan fingerprint density at radius 3 is 2.29 bits per heavy atom. The van der Waals surface area contributed by atoms with Crippen molar-refractivity contribution in [1.82, 2.24) is 10.2 Å². The molecule has 5 heteroatoms. The van der Waals surface area contributed by atoms with Crippen LogP contribution in [0.4, 0.5) is 4.79 Å². The third-order valence-corrected chi connectivity index (χ3v) is 4.36. The first-order chi connectivity index (χ1) is 10.1. The fraction of sp³-hybridized carbons (Fsp3) is 0.500. The van der Waals surface area contributed by atoms with Crippen molar-refractivity contribution >= 4 is 11.9 Å². The molecular formula is C16H22N2O3. The maximum atomic E-state index is 12.1. The van der Waals surface area contributed by atoms with Gasteiger partial charge in [-0.15, -0.1) is 0 Å². The van der Waals surface area contributed by atoms with Gasteiger partial charge >= 0.3 is 6.03 Å². The molecule has 114 valence electrons. The van der Waals surface area contributed by atoms with Crippen molar-refractivity contribution in [2.75, 3.05) is 13.7 Å². The summed E-state index contributed by atoms with van der Waals surface area (Å²) in [5.41, 5.74) is 0.424. The maximum Gasteiger partial charge on any atom is 0.325 e. The molecule has 0 aromatic heterocycles. The minimum absolute atomic E-state index is 0.174. The van der Waals surface area contributed by atoms with Crippen LogP contribution in [0.2, 0.25) is 0 Å². The highest BCUT2D eigenvalue weighted by molar-refractivity contribution is 6.06. The van der Waals surface area contributed by atoms with E-state index in [1.807, 2.05) is 38.1 Å². The number of benzene rings is 1. The molecule has 0 bridgehead atoms. The van der Waals surface area contributed by atoms with E-state index >= 15 is 0 Å². The molecule has 0 atom stereocenters. The molecule has 1 fully saturated rings. The van der Waals surface area contributed by atoms with Crippen LogP contribution in [0.25, 0.3) is 0 Å². The Bertz CT molecular complexity index is 521. The van der Waals surface area contributed by atoms with E-state index < -0.39 is 5.54 Å². The summed E-state index contributed by atoms with van der Waals surface area (Å²) in [5.74, 6) is 0.636. The lowest BCUT2D eigenvalue weighted by atomic mass is 9.91. The van der Waals surface area contributed by atoms with Gasteiger partial charge in [0, 0.05) is 6.54 Å². The number of nitrogens with zero attached hydrogens (tertiary/aromatic N) is 1. The van der Waals surface area contributed by atoms with Crippen LogP contribution in [0.1, 0.15) is 32.3 Å². The van der Waals surface area contributed by atoms with Crippen molar-refractivity contribution in [1.29, 1.82) is 0 Å². The summed E-state index contributed by atoms with van der Waals surface area (Å²) in [7, 11) is 1.63. The Balaban J connectivity index is 2.09. The molecule has 1 aromatic carbocycles. The third kappa shape index (κ3) is 2.73. The molecule has 0 saturated carbocycles. The fourth-order valence-electron chi connectivity index (χ4n) is 2.90. The van der Waals surface area contributed by atoms with Gasteiger partial charge in [-0.05, 0) is 37.0 Å². The van der Waals surface area contributed by atoms with Crippen LogP contribution in [0.15, 0.2) is 24.3 Å². The molecule has 5 nitrogen and oxygen atoms in total. The predicted molar refractivity (Wildman–Crippen MR) is 80.3 cm³/mol. The zero-order chi connectivity index (χ0) is 15.5. The van der Waals surface area contributed by atoms with Crippen molar-refractivity contribution in [2.24, 2.45) is 0 Å². The minimum Gasteiger partial charge on any atom is -0.497 e. The number of hydrogen-bond donors (Lipinski definition) is 1. The summed E-state index contributed by atoms with van der Waals surface area (Å²) in [6, 6.07) is 7.48. The number of rotatable bonds is 6. The molecule has 0 radical (unpaired) electrons. The average molecular weight is 290 g/mol. The molecule has 1 aliphatic heterocycles. The highest BCUT2D eigenvalue weighted by atomic mass is 16.5. The lowest BCUT2D eigenvalue weighted by Crippen LogP contribution is -2.49. The SMILES string of the molecule is CCC1(CC)C(=O)NC(=O)N1CCc1ccc(OC)cc1. The third-order valence-electron chi connectivity index (χ3n) is 4.36. The van der Waals surface area contributed by atoms with Gasteiger partial charge in [0.2, 0.25) is 0 Å². The van der Waals surface area contributed by atoms with Gasteiger partial charge in [-0.25, -0.2) is 4.79 Å². The zero-order valence-corrected chi connectivity index (χ0v) is 12.8. The molecule has 0 aliphatic carbocycles. The highest BCUT2D eigenvalue weighted by Crippen LogP contribution is 2.29. The number of urea groups is 1. The number of amides is 3. The number of imide groups is 1. The monoisotopic (exact) mass is 290 g/mol. The molecule has 0 unspecified atom stereocenters. The van der Waals surface area contributed by atoms with Gasteiger partial charge in [-0.2, -0.15) is 0 Å². The number of hydrogen-bond acceptors (Lipinski definition) is 3. The number of nitrogens with one attached hydrogen (secondary N) is 1. The van der Waals surface area contributed by atoms with Crippen LogP contribution < -0.4 is 10.1 Å². The molecule has 1 saturated heterocycles. The fourth-order valence-corrected chi connectivity index (χ4v) is 2.90. The van der Waals surface area contributed by atoms with Gasteiger partial charge in [-0.3, -0.25) is 10.1 Å². The molecule has 2 rings (SSSR count). The topological polar surface area (TPSA) is 58.6 Å². The van der Waals surface area contributed by atoms with E-state index in [2.05, 4.69) is 5.32 Å². The van der Waals surface area contributed by atoms with Crippen LogP contribution >= 0.6 is 0 Å². The van der Waals surface area contributed by atoms with E-state index in [0.717, 1.165) is 11.3 Å². The number of carbonyl (C=O) groups excluding carboxylic acids is 2. The molecule has 1 aromatic rings. The first-order valence-electron chi connectivity index (χ1n) is 7.33. The Kier molecular flexibility index (Phi) is 4.50. The van der Waals surface area contributed by atoms with E-state index in [9.17, 15) is 9.59 Å². The van der Waals surface area contributed by atoms with Crippen molar-refractivity contribution in [3.05, 3.63) is 29.8 Å². The van der Waals surface area contributed by atoms with E-state index in [0.29, 0.717) is 25.8 Å². The Morgan fingerprint density at radius 1 is 1.14 bits per heavy atom. The molecule has 1 N–H and O–H groups in total. The second-order valence-electron chi connectivity index (χ2n) is 5.25. The molecule has 21 heavy (non-hydrogen) atoms. The lowest BCUT2D eigenvalue weighted by Gasteiger charge is -2.33.